The lowest BCUT2D eigenvalue weighted by Gasteiger charge is -2.36. The van der Waals surface area contributed by atoms with Crippen molar-refractivity contribution in [2.75, 3.05) is 0 Å². The molecular weight excluding hydrogens is 268 g/mol. The minimum absolute atomic E-state index is 0.0465. The summed E-state index contributed by atoms with van der Waals surface area (Å²) >= 11 is 0. The summed E-state index contributed by atoms with van der Waals surface area (Å²) in [4.78, 5) is 0. The van der Waals surface area contributed by atoms with Crippen molar-refractivity contribution in [3.05, 3.63) is 65.2 Å². The van der Waals surface area contributed by atoms with Crippen LogP contribution in [0.25, 0.3) is 0 Å². The Balaban J connectivity index is 2.18. The van der Waals surface area contributed by atoms with Gasteiger partial charge < -0.3 is 5.11 Å². The number of hydrogen-bond acceptors (Lipinski definition) is 1. The third kappa shape index (κ3) is 2.43. The number of hydrogen-bond donors (Lipinski definition) is 1. The van der Waals surface area contributed by atoms with E-state index in [0.29, 0.717) is 17.1 Å². The Labute approximate surface area is 134 Å². The summed E-state index contributed by atoms with van der Waals surface area (Å²) in [7, 11) is 0. The van der Waals surface area contributed by atoms with Crippen molar-refractivity contribution >= 4 is 0 Å². The number of phenols is 1. The van der Waals surface area contributed by atoms with Crippen molar-refractivity contribution in [3.63, 3.8) is 0 Å². The van der Waals surface area contributed by atoms with Gasteiger partial charge >= 0.3 is 0 Å². The van der Waals surface area contributed by atoms with E-state index in [4.69, 9.17) is 0 Å². The number of benzene rings is 2. The van der Waals surface area contributed by atoms with Crippen molar-refractivity contribution in [2.24, 2.45) is 11.3 Å². The lowest BCUT2D eigenvalue weighted by Crippen LogP contribution is -2.31. The highest BCUT2D eigenvalue weighted by atomic mass is 16.3. The predicted molar refractivity (Wildman–Crippen MR) is 92.2 cm³/mol. The van der Waals surface area contributed by atoms with Gasteiger partial charge in [0.25, 0.3) is 0 Å². The molecule has 2 atom stereocenters. The first-order chi connectivity index (χ1) is 10.3. The molecule has 0 bridgehead atoms. The summed E-state index contributed by atoms with van der Waals surface area (Å²) in [5.74, 6) is 0.919. The second-order valence-electron chi connectivity index (χ2n) is 7.83. The normalized spacial score (nSPS) is 27.0. The Morgan fingerprint density at radius 2 is 1.41 bits per heavy atom. The highest BCUT2D eigenvalue weighted by Crippen LogP contribution is 2.57. The van der Waals surface area contributed by atoms with Gasteiger partial charge in [0.1, 0.15) is 5.75 Å². The van der Waals surface area contributed by atoms with E-state index in [-0.39, 0.29) is 5.41 Å². The van der Waals surface area contributed by atoms with E-state index in [9.17, 15) is 5.11 Å². The molecule has 2 aromatic rings. The number of rotatable bonds is 2. The van der Waals surface area contributed by atoms with Crippen LogP contribution in [-0.4, -0.2) is 5.11 Å². The molecule has 1 fully saturated rings. The topological polar surface area (TPSA) is 20.2 Å². The van der Waals surface area contributed by atoms with Crippen LogP contribution in [0.1, 0.15) is 50.3 Å². The zero-order valence-corrected chi connectivity index (χ0v) is 14.1. The van der Waals surface area contributed by atoms with Crippen molar-refractivity contribution < 1.29 is 5.11 Å². The first kappa shape index (κ1) is 15.1. The Morgan fingerprint density at radius 3 is 1.86 bits per heavy atom. The van der Waals surface area contributed by atoms with E-state index < -0.39 is 0 Å². The molecule has 0 saturated heterocycles. The minimum atomic E-state index is 0.0465. The van der Waals surface area contributed by atoms with E-state index in [1.807, 2.05) is 12.1 Å². The van der Waals surface area contributed by atoms with Gasteiger partial charge in [0.15, 0.2) is 0 Å². The Bertz CT molecular complexity index is 604. The minimum Gasteiger partial charge on any atom is -0.508 e. The third-order valence-electron chi connectivity index (χ3n) is 5.41. The molecule has 22 heavy (non-hydrogen) atoms. The predicted octanol–water partition coefficient (Wildman–Crippen LogP) is 5.44. The van der Waals surface area contributed by atoms with Crippen LogP contribution < -0.4 is 0 Å². The number of aromatic hydroxyl groups is 1. The van der Waals surface area contributed by atoms with Gasteiger partial charge in [-0.2, -0.15) is 0 Å². The average molecular weight is 294 g/mol. The maximum Gasteiger partial charge on any atom is 0.115 e. The fourth-order valence-corrected chi connectivity index (χ4v) is 4.55. The maximum atomic E-state index is 9.66. The van der Waals surface area contributed by atoms with Crippen molar-refractivity contribution in [3.8, 4) is 5.75 Å². The maximum absolute atomic E-state index is 9.66. The molecule has 0 aliphatic heterocycles. The molecule has 1 nitrogen and oxygen atoms in total. The van der Waals surface area contributed by atoms with Crippen LogP contribution in [-0.2, 0) is 5.41 Å². The standard InChI is InChI=1S/C21H26O/c1-15-5-7-17(8-6-15)21(14-20(3,4)13-16(21)2)18-9-11-19(22)12-10-18/h5-12,16,22H,13-14H2,1-4H3. The molecule has 0 amide bonds. The molecule has 0 heterocycles. The van der Waals surface area contributed by atoms with Gasteiger partial charge in [-0.3, -0.25) is 0 Å². The lowest BCUT2D eigenvalue weighted by molar-refractivity contribution is 0.356. The quantitative estimate of drug-likeness (QED) is 0.781. The SMILES string of the molecule is Cc1ccc(C2(c3ccc(O)cc3)CC(C)(C)CC2C)cc1. The second-order valence-corrected chi connectivity index (χ2v) is 7.83. The van der Waals surface area contributed by atoms with Gasteiger partial charge in [-0.15, -0.1) is 0 Å². The Morgan fingerprint density at radius 1 is 0.909 bits per heavy atom. The van der Waals surface area contributed by atoms with Gasteiger partial charge in [0.05, 0.1) is 0 Å². The molecule has 116 valence electrons. The van der Waals surface area contributed by atoms with Crippen LogP contribution in [0.15, 0.2) is 48.5 Å². The summed E-state index contributed by atoms with van der Waals surface area (Å²) in [6.45, 7) is 9.26. The van der Waals surface area contributed by atoms with Crippen LogP contribution in [0, 0.1) is 18.3 Å². The molecular formula is C21H26O. The molecule has 1 heteroatoms. The monoisotopic (exact) mass is 294 g/mol. The van der Waals surface area contributed by atoms with Crippen molar-refractivity contribution in [2.45, 2.75) is 46.0 Å². The van der Waals surface area contributed by atoms with Gasteiger partial charge in [0, 0.05) is 5.41 Å². The third-order valence-corrected chi connectivity index (χ3v) is 5.41. The number of aryl methyl sites for hydroxylation is 1. The Kier molecular flexibility index (Phi) is 3.55. The van der Waals surface area contributed by atoms with Crippen LogP contribution >= 0.6 is 0 Å². The van der Waals surface area contributed by atoms with Crippen LogP contribution in [0.3, 0.4) is 0 Å². The second kappa shape index (κ2) is 5.15. The zero-order valence-electron chi connectivity index (χ0n) is 14.1. The first-order valence-electron chi connectivity index (χ1n) is 8.20. The van der Waals surface area contributed by atoms with Crippen molar-refractivity contribution in [1.82, 2.24) is 0 Å². The van der Waals surface area contributed by atoms with Gasteiger partial charge in [0.2, 0.25) is 0 Å². The molecule has 1 aliphatic carbocycles. The summed E-state index contributed by atoms with van der Waals surface area (Å²) in [5, 5.41) is 9.66. The van der Waals surface area contributed by atoms with Crippen LogP contribution in [0.5, 0.6) is 5.75 Å². The summed E-state index contributed by atoms with van der Waals surface area (Å²) in [6, 6.07) is 16.9. The molecule has 0 spiro atoms. The highest BCUT2D eigenvalue weighted by Gasteiger charge is 2.50. The first-order valence-corrected chi connectivity index (χ1v) is 8.20. The number of phenolic OH excluding ortho intramolecular Hbond substituents is 1. The fourth-order valence-electron chi connectivity index (χ4n) is 4.55. The summed E-state index contributed by atoms with van der Waals surface area (Å²) < 4.78 is 0. The smallest absolute Gasteiger partial charge is 0.115 e. The molecule has 1 saturated carbocycles. The van der Waals surface area contributed by atoms with Crippen LogP contribution in [0.2, 0.25) is 0 Å². The Hall–Kier alpha value is -1.76. The molecule has 3 rings (SSSR count). The molecule has 0 aromatic heterocycles. The van der Waals surface area contributed by atoms with Gasteiger partial charge in [-0.05, 0) is 54.4 Å². The van der Waals surface area contributed by atoms with E-state index in [0.717, 1.165) is 6.42 Å². The fraction of sp³-hybridized carbons (Fsp3) is 0.429. The van der Waals surface area contributed by atoms with E-state index in [1.165, 1.54) is 23.1 Å². The van der Waals surface area contributed by atoms with Gasteiger partial charge in [-0.1, -0.05) is 62.7 Å². The van der Waals surface area contributed by atoms with Crippen LogP contribution in [0.4, 0.5) is 0 Å². The largest absolute Gasteiger partial charge is 0.508 e. The molecule has 0 radical (unpaired) electrons. The highest BCUT2D eigenvalue weighted by molar-refractivity contribution is 5.44. The molecule has 1 aliphatic rings. The van der Waals surface area contributed by atoms with E-state index in [2.05, 4.69) is 64.1 Å². The van der Waals surface area contributed by atoms with Crippen molar-refractivity contribution in [1.29, 1.82) is 0 Å². The molecule has 2 unspecified atom stereocenters. The van der Waals surface area contributed by atoms with Gasteiger partial charge in [-0.25, -0.2) is 0 Å². The van der Waals surface area contributed by atoms with E-state index >= 15 is 0 Å². The summed E-state index contributed by atoms with van der Waals surface area (Å²) in [5.41, 5.74) is 4.41. The molecule has 1 N–H and O–H groups in total. The average Bonchev–Trinajstić information content (AvgIpc) is 2.71. The summed E-state index contributed by atoms with van der Waals surface area (Å²) in [6.07, 6.45) is 2.37. The van der Waals surface area contributed by atoms with E-state index in [1.54, 1.807) is 0 Å². The molecule has 2 aromatic carbocycles. The zero-order chi connectivity index (χ0) is 16.0. The lowest BCUT2D eigenvalue weighted by atomic mass is 9.67.